The molecule has 0 radical (unpaired) electrons. The van der Waals surface area contributed by atoms with Crippen LogP contribution in [-0.4, -0.2) is 62.0 Å². The van der Waals surface area contributed by atoms with E-state index in [-0.39, 0.29) is 5.92 Å². The lowest BCUT2D eigenvalue weighted by molar-refractivity contribution is -0.136. The van der Waals surface area contributed by atoms with Crippen molar-refractivity contribution >= 4 is 5.91 Å². The third-order valence-corrected chi connectivity index (χ3v) is 4.27. The van der Waals surface area contributed by atoms with Crippen LogP contribution in [0.3, 0.4) is 0 Å². The van der Waals surface area contributed by atoms with Crippen molar-refractivity contribution in [2.24, 2.45) is 11.8 Å². The van der Waals surface area contributed by atoms with Crippen molar-refractivity contribution in [1.82, 2.24) is 15.1 Å². The standard InChI is InChI=1S/C15H31N3O/c1-5-17(6-2)12-14-7-9-18(10-8-14)15(19)13(3)11-16-4/h13-14,16H,5-12H2,1-4H3. The van der Waals surface area contributed by atoms with E-state index in [4.69, 9.17) is 0 Å². The van der Waals surface area contributed by atoms with Crippen LogP contribution >= 0.6 is 0 Å². The number of hydrogen-bond donors (Lipinski definition) is 1. The van der Waals surface area contributed by atoms with Gasteiger partial charge in [-0.25, -0.2) is 0 Å². The molecule has 1 heterocycles. The second kappa shape index (κ2) is 8.54. The maximum Gasteiger partial charge on any atom is 0.226 e. The minimum atomic E-state index is 0.101. The van der Waals surface area contributed by atoms with Crippen molar-refractivity contribution in [2.45, 2.75) is 33.6 Å². The Hall–Kier alpha value is -0.610. The lowest BCUT2D eigenvalue weighted by Gasteiger charge is -2.35. The molecule has 0 bridgehead atoms. The molecule has 1 saturated heterocycles. The zero-order chi connectivity index (χ0) is 14.3. The Bertz CT molecular complexity index is 258. The quantitative estimate of drug-likeness (QED) is 0.759. The minimum absolute atomic E-state index is 0.101. The maximum absolute atomic E-state index is 12.2. The molecule has 1 aliphatic rings. The van der Waals surface area contributed by atoms with Crippen LogP contribution in [0.5, 0.6) is 0 Å². The molecule has 1 atom stereocenters. The molecule has 4 heteroatoms. The van der Waals surface area contributed by atoms with Crippen molar-refractivity contribution in [2.75, 3.05) is 46.3 Å². The Labute approximate surface area is 118 Å². The number of hydrogen-bond acceptors (Lipinski definition) is 3. The van der Waals surface area contributed by atoms with Crippen LogP contribution in [0.15, 0.2) is 0 Å². The normalized spacial score (nSPS) is 18.9. The molecule has 4 nitrogen and oxygen atoms in total. The summed E-state index contributed by atoms with van der Waals surface area (Å²) in [5.41, 5.74) is 0. The largest absolute Gasteiger partial charge is 0.342 e. The Kier molecular flexibility index (Phi) is 7.39. The number of piperidine rings is 1. The predicted molar refractivity (Wildman–Crippen MR) is 80.2 cm³/mol. The average molecular weight is 269 g/mol. The van der Waals surface area contributed by atoms with Gasteiger partial charge in [-0.3, -0.25) is 4.79 Å². The van der Waals surface area contributed by atoms with E-state index in [0.717, 1.165) is 51.5 Å². The van der Waals surface area contributed by atoms with Gasteiger partial charge in [0, 0.05) is 32.1 Å². The first-order valence-corrected chi connectivity index (χ1v) is 7.78. The second-order valence-corrected chi connectivity index (χ2v) is 5.71. The first-order chi connectivity index (χ1) is 9.12. The number of nitrogens with one attached hydrogen (secondary N) is 1. The summed E-state index contributed by atoms with van der Waals surface area (Å²) in [6.45, 7) is 12.6. The van der Waals surface area contributed by atoms with Gasteiger partial charge in [-0.05, 0) is 38.9 Å². The summed E-state index contributed by atoms with van der Waals surface area (Å²) in [4.78, 5) is 16.8. The Balaban J connectivity index is 2.34. The first-order valence-electron chi connectivity index (χ1n) is 7.78. The number of nitrogens with zero attached hydrogens (tertiary/aromatic N) is 2. The van der Waals surface area contributed by atoms with Crippen molar-refractivity contribution in [3.63, 3.8) is 0 Å². The zero-order valence-electron chi connectivity index (χ0n) is 13.1. The summed E-state index contributed by atoms with van der Waals surface area (Å²) in [6, 6.07) is 0. The summed E-state index contributed by atoms with van der Waals surface area (Å²) in [7, 11) is 1.90. The van der Waals surface area contributed by atoms with E-state index in [1.165, 1.54) is 6.54 Å². The van der Waals surface area contributed by atoms with Crippen LogP contribution in [0, 0.1) is 11.8 Å². The molecular weight excluding hydrogens is 238 g/mol. The molecule has 0 saturated carbocycles. The number of rotatable bonds is 7. The van der Waals surface area contributed by atoms with E-state index in [0.29, 0.717) is 5.91 Å². The van der Waals surface area contributed by atoms with Crippen LogP contribution in [0.4, 0.5) is 0 Å². The molecule has 0 aromatic rings. The fourth-order valence-electron chi connectivity index (χ4n) is 2.89. The highest BCUT2D eigenvalue weighted by Crippen LogP contribution is 2.19. The maximum atomic E-state index is 12.2. The van der Waals surface area contributed by atoms with E-state index in [9.17, 15) is 4.79 Å². The molecule has 19 heavy (non-hydrogen) atoms. The molecule has 1 amide bonds. The van der Waals surface area contributed by atoms with Gasteiger partial charge in [0.1, 0.15) is 0 Å². The number of amides is 1. The van der Waals surface area contributed by atoms with Crippen LogP contribution < -0.4 is 5.32 Å². The van der Waals surface area contributed by atoms with Gasteiger partial charge in [0.25, 0.3) is 0 Å². The van der Waals surface area contributed by atoms with E-state index in [1.807, 2.05) is 14.0 Å². The Morgan fingerprint density at radius 3 is 2.37 bits per heavy atom. The molecule has 0 aliphatic carbocycles. The first kappa shape index (κ1) is 16.4. The molecule has 0 aromatic heterocycles. The molecule has 1 N–H and O–H groups in total. The van der Waals surface area contributed by atoms with Crippen molar-refractivity contribution < 1.29 is 4.79 Å². The van der Waals surface area contributed by atoms with Crippen molar-refractivity contribution in [3.8, 4) is 0 Å². The monoisotopic (exact) mass is 269 g/mol. The van der Waals surface area contributed by atoms with Gasteiger partial charge in [0.2, 0.25) is 5.91 Å². The number of carbonyl (C=O) groups excluding carboxylic acids is 1. The lowest BCUT2D eigenvalue weighted by Crippen LogP contribution is -2.44. The molecule has 0 aromatic carbocycles. The van der Waals surface area contributed by atoms with E-state index in [2.05, 4.69) is 29.0 Å². The highest BCUT2D eigenvalue weighted by atomic mass is 16.2. The third kappa shape index (κ3) is 5.11. The zero-order valence-corrected chi connectivity index (χ0v) is 13.1. The highest BCUT2D eigenvalue weighted by Gasteiger charge is 2.26. The minimum Gasteiger partial charge on any atom is -0.342 e. The SMILES string of the molecule is CCN(CC)CC1CCN(C(=O)C(C)CNC)CC1. The smallest absolute Gasteiger partial charge is 0.226 e. The van der Waals surface area contributed by atoms with Crippen LogP contribution in [-0.2, 0) is 4.79 Å². The van der Waals surface area contributed by atoms with Crippen LogP contribution in [0.1, 0.15) is 33.6 Å². The van der Waals surface area contributed by atoms with Crippen molar-refractivity contribution in [3.05, 3.63) is 0 Å². The Morgan fingerprint density at radius 2 is 1.89 bits per heavy atom. The van der Waals surface area contributed by atoms with Gasteiger partial charge in [0.05, 0.1) is 0 Å². The highest BCUT2D eigenvalue weighted by molar-refractivity contribution is 5.78. The van der Waals surface area contributed by atoms with Gasteiger partial charge >= 0.3 is 0 Å². The van der Waals surface area contributed by atoms with Crippen LogP contribution in [0.2, 0.25) is 0 Å². The fourth-order valence-corrected chi connectivity index (χ4v) is 2.89. The molecule has 1 unspecified atom stereocenters. The molecule has 1 rings (SSSR count). The average Bonchev–Trinajstić information content (AvgIpc) is 2.45. The van der Waals surface area contributed by atoms with Gasteiger partial charge in [-0.2, -0.15) is 0 Å². The molecule has 1 aliphatic heterocycles. The number of carbonyl (C=O) groups is 1. The fraction of sp³-hybridized carbons (Fsp3) is 0.933. The van der Waals surface area contributed by atoms with Crippen molar-refractivity contribution in [1.29, 1.82) is 0 Å². The van der Waals surface area contributed by atoms with Crippen LogP contribution in [0.25, 0.3) is 0 Å². The second-order valence-electron chi connectivity index (χ2n) is 5.71. The van der Waals surface area contributed by atoms with Gasteiger partial charge < -0.3 is 15.1 Å². The van der Waals surface area contributed by atoms with E-state index >= 15 is 0 Å². The van der Waals surface area contributed by atoms with E-state index < -0.39 is 0 Å². The molecular formula is C15H31N3O. The lowest BCUT2D eigenvalue weighted by atomic mass is 9.95. The summed E-state index contributed by atoms with van der Waals surface area (Å²) in [6.07, 6.45) is 2.32. The number of likely N-dealkylation sites (tertiary alicyclic amines) is 1. The summed E-state index contributed by atoms with van der Waals surface area (Å²) in [5.74, 6) is 1.18. The molecule has 0 spiro atoms. The molecule has 112 valence electrons. The molecule has 1 fully saturated rings. The predicted octanol–water partition coefficient (Wildman–Crippen LogP) is 1.42. The van der Waals surface area contributed by atoms with Gasteiger partial charge in [-0.1, -0.05) is 20.8 Å². The van der Waals surface area contributed by atoms with Gasteiger partial charge in [0.15, 0.2) is 0 Å². The van der Waals surface area contributed by atoms with E-state index in [1.54, 1.807) is 0 Å². The topological polar surface area (TPSA) is 35.6 Å². The summed E-state index contributed by atoms with van der Waals surface area (Å²) < 4.78 is 0. The summed E-state index contributed by atoms with van der Waals surface area (Å²) in [5, 5.41) is 3.08. The summed E-state index contributed by atoms with van der Waals surface area (Å²) >= 11 is 0. The Morgan fingerprint density at radius 1 is 1.32 bits per heavy atom. The third-order valence-electron chi connectivity index (χ3n) is 4.27. The van der Waals surface area contributed by atoms with Gasteiger partial charge in [-0.15, -0.1) is 0 Å².